The van der Waals surface area contributed by atoms with Crippen molar-refractivity contribution in [2.75, 3.05) is 0 Å². The number of nitrogens with two attached hydrogens (primary N) is 1. The molecule has 0 aliphatic rings. The molecule has 0 fully saturated rings. The predicted octanol–water partition coefficient (Wildman–Crippen LogP) is 2.69. The minimum absolute atomic E-state index is 0.0767. The Bertz CT molecular complexity index is 449. The van der Waals surface area contributed by atoms with Crippen LogP contribution >= 0.6 is 0 Å². The van der Waals surface area contributed by atoms with Crippen molar-refractivity contribution in [3.05, 3.63) is 65.5 Å². The van der Waals surface area contributed by atoms with E-state index in [0.717, 1.165) is 6.42 Å². The summed E-state index contributed by atoms with van der Waals surface area (Å²) >= 11 is 0. The lowest BCUT2D eigenvalue weighted by Crippen LogP contribution is -2.08. The van der Waals surface area contributed by atoms with Gasteiger partial charge in [0.05, 0.1) is 0 Å². The van der Waals surface area contributed by atoms with E-state index in [4.69, 9.17) is 5.73 Å². The minimum Gasteiger partial charge on any atom is -0.324 e. The standard InChI is InChI=1S/C14H16N2/c1-11(15)14-7-3-2-6-13(14)9-12-5-4-8-16-10-12/h2-8,10-11H,9,15H2,1H3. The molecule has 0 saturated carbocycles. The van der Waals surface area contributed by atoms with Crippen molar-refractivity contribution < 1.29 is 0 Å². The Labute approximate surface area is 96.1 Å². The van der Waals surface area contributed by atoms with Crippen molar-refractivity contribution in [2.24, 2.45) is 5.73 Å². The van der Waals surface area contributed by atoms with Crippen molar-refractivity contribution in [3.8, 4) is 0 Å². The van der Waals surface area contributed by atoms with Crippen LogP contribution in [0.1, 0.15) is 29.7 Å². The molecule has 2 rings (SSSR count). The number of hydrogen-bond acceptors (Lipinski definition) is 2. The number of benzene rings is 1. The van der Waals surface area contributed by atoms with Crippen LogP contribution in [-0.2, 0) is 6.42 Å². The van der Waals surface area contributed by atoms with Gasteiger partial charge in [-0.15, -0.1) is 0 Å². The van der Waals surface area contributed by atoms with Crippen LogP contribution in [0.25, 0.3) is 0 Å². The van der Waals surface area contributed by atoms with E-state index in [1.165, 1.54) is 16.7 Å². The topological polar surface area (TPSA) is 38.9 Å². The molecule has 1 heterocycles. The van der Waals surface area contributed by atoms with Crippen LogP contribution in [0.5, 0.6) is 0 Å². The molecule has 1 aromatic heterocycles. The monoisotopic (exact) mass is 212 g/mol. The number of rotatable bonds is 3. The Morgan fingerprint density at radius 1 is 1.19 bits per heavy atom. The first-order valence-electron chi connectivity index (χ1n) is 5.49. The number of aromatic nitrogens is 1. The maximum Gasteiger partial charge on any atom is 0.0303 e. The molecule has 16 heavy (non-hydrogen) atoms. The Balaban J connectivity index is 2.28. The van der Waals surface area contributed by atoms with Crippen molar-refractivity contribution in [3.63, 3.8) is 0 Å². The Kier molecular flexibility index (Phi) is 3.32. The van der Waals surface area contributed by atoms with E-state index < -0.39 is 0 Å². The van der Waals surface area contributed by atoms with E-state index in [-0.39, 0.29) is 6.04 Å². The fourth-order valence-corrected chi connectivity index (χ4v) is 1.86. The number of nitrogens with zero attached hydrogens (tertiary/aromatic N) is 1. The zero-order valence-electron chi connectivity index (χ0n) is 9.43. The lowest BCUT2D eigenvalue weighted by atomic mass is 9.97. The molecule has 0 spiro atoms. The lowest BCUT2D eigenvalue weighted by Gasteiger charge is -2.12. The first-order valence-corrected chi connectivity index (χ1v) is 5.49. The Morgan fingerprint density at radius 3 is 2.69 bits per heavy atom. The van der Waals surface area contributed by atoms with Crippen molar-refractivity contribution in [2.45, 2.75) is 19.4 Å². The molecule has 2 aromatic rings. The molecule has 2 N–H and O–H groups in total. The summed E-state index contributed by atoms with van der Waals surface area (Å²) in [4.78, 5) is 4.12. The predicted molar refractivity (Wildman–Crippen MR) is 66.1 cm³/mol. The van der Waals surface area contributed by atoms with Crippen LogP contribution in [0.15, 0.2) is 48.8 Å². The second-order valence-electron chi connectivity index (χ2n) is 4.03. The summed E-state index contributed by atoms with van der Waals surface area (Å²) in [5, 5.41) is 0. The fraction of sp³-hybridized carbons (Fsp3) is 0.214. The summed E-state index contributed by atoms with van der Waals surface area (Å²) in [6.45, 7) is 2.02. The molecule has 1 aromatic carbocycles. The van der Waals surface area contributed by atoms with Crippen LogP contribution in [0, 0.1) is 0 Å². The van der Waals surface area contributed by atoms with Gasteiger partial charge in [0, 0.05) is 18.4 Å². The number of hydrogen-bond donors (Lipinski definition) is 1. The molecule has 0 saturated heterocycles. The summed E-state index contributed by atoms with van der Waals surface area (Å²) in [5.41, 5.74) is 9.67. The summed E-state index contributed by atoms with van der Waals surface area (Å²) < 4.78 is 0. The first kappa shape index (κ1) is 10.8. The molecule has 1 atom stereocenters. The van der Waals surface area contributed by atoms with Crippen molar-refractivity contribution in [1.82, 2.24) is 4.98 Å². The summed E-state index contributed by atoms with van der Waals surface area (Å²) in [7, 11) is 0. The summed E-state index contributed by atoms with van der Waals surface area (Å²) in [6, 6.07) is 12.4. The molecular formula is C14H16N2. The average Bonchev–Trinajstić information content (AvgIpc) is 2.31. The highest BCUT2D eigenvalue weighted by Crippen LogP contribution is 2.18. The molecule has 82 valence electrons. The van der Waals surface area contributed by atoms with Crippen LogP contribution in [0.2, 0.25) is 0 Å². The third kappa shape index (κ3) is 2.47. The minimum atomic E-state index is 0.0767. The van der Waals surface area contributed by atoms with Gasteiger partial charge in [0.15, 0.2) is 0 Å². The van der Waals surface area contributed by atoms with Gasteiger partial charge in [-0.25, -0.2) is 0 Å². The van der Waals surface area contributed by atoms with E-state index in [0.29, 0.717) is 0 Å². The van der Waals surface area contributed by atoms with Crippen molar-refractivity contribution >= 4 is 0 Å². The molecule has 0 aliphatic carbocycles. The van der Waals surface area contributed by atoms with Gasteiger partial charge >= 0.3 is 0 Å². The van der Waals surface area contributed by atoms with Gasteiger partial charge in [0.2, 0.25) is 0 Å². The normalized spacial score (nSPS) is 12.4. The summed E-state index contributed by atoms with van der Waals surface area (Å²) in [5.74, 6) is 0. The SMILES string of the molecule is CC(N)c1ccccc1Cc1cccnc1. The zero-order chi connectivity index (χ0) is 11.4. The molecular weight excluding hydrogens is 196 g/mol. The van der Waals surface area contributed by atoms with Crippen LogP contribution in [0.4, 0.5) is 0 Å². The highest BCUT2D eigenvalue weighted by Gasteiger charge is 2.06. The van der Waals surface area contributed by atoms with Crippen LogP contribution in [0.3, 0.4) is 0 Å². The van der Waals surface area contributed by atoms with Gasteiger partial charge in [0.25, 0.3) is 0 Å². The Morgan fingerprint density at radius 2 is 2.00 bits per heavy atom. The maximum atomic E-state index is 5.95. The quantitative estimate of drug-likeness (QED) is 0.849. The van der Waals surface area contributed by atoms with E-state index in [2.05, 4.69) is 29.2 Å². The Hall–Kier alpha value is -1.67. The lowest BCUT2D eigenvalue weighted by molar-refractivity contribution is 0.803. The van der Waals surface area contributed by atoms with Gasteiger partial charge < -0.3 is 5.73 Å². The average molecular weight is 212 g/mol. The van der Waals surface area contributed by atoms with E-state index in [1.54, 1.807) is 6.20 Å². The molecule has 0 amide bonds. The van der Waals surface area contributed by atoms with Gasteiger partial charge in [0.1, 0.15) is 0 Å². The van der Waals surface area contributed by atoms with Crippen LogP contribution < -0.4 is 5.73 Å². The van der Waals surface area contributed by atoms with Crippen LogP contribution in [-0.4, -0.2) is 4.98 Å². The smallest absolute Gasteiger partial charge is 0.0303 e. The van der Waals surface area contributed by atoms with E-state index >= 15 is 0 Å². The molecule has 0 radical (unpaired) electrons. The molecule has 2 heteroatoms. The van der Waals surface area contributed by atoms with Gasteiger partial charge in [-0.3, -0.25) is 4.98 Å². The maximum absolute atomic E-state index is 5.95. The molecule has 1 unspecified atom stereocenters. The largest absolute Gasteiger partial charge is 0.324 e. The third-order valence-electron chi connectivity index (χ3n) is 2.66. The van der Waals surface area contributed by atoms with Gasteiger partial charge in [-0.05, 0) is 36.1 Å². The van der Waals surface area contributed by atoms with Gasteiger partial charge in [-0.1, -0.05) is 30.3 Å². The van der Waals surface area contributed by atoms with E-state index in [9.17, 15) is 0 Å². The molecule has 2 nitrogen and oxygen atoms in total. The second kappa shape index (κ2) is 4.90. The van der Waals surface area contributed by atoms with Gasteiger partial charge in [-0.2, -0.15) is 0 Å². The zero-order valence-corrected chi connectivity index (χ0v) is 9.43. The highest BCUT2D eigenvalue weighted by atomic mass is 14.6. The van der Waals surface area contributed by atoms with Crippen molar-refractivity contribution in [1.29, 1.82) is 0 Å². The second-order valence-corrected chi connectivity index (χ2v) is 4.03. The van der Waals surface area contributed by atoms with E-state index in [1.807, 2.05) is 25.3 Å². The highest BCUT2D eigenvalue weighted by molar-refractivity contribution is 5.33. The number of pyridine rings is 1. The summed E-state index contributed by atoms with van der Waals surface area (Å²) in [6.07, 6.45) is 4.59. The fourth-order valence-electron chi connectivity index (χ4n) is 1.86. The molecule has 0 aliphatic heterocycles. The molecule has 0 bridgehead atoms. The third-order valence-corrected chi connectivity index (χ3v) is 2.66. The first-order chi connectivity index (χ1) is 7.77.